The normalized spacial score (nSPS) is 14.2. The molecule has 1 fully saturated rings. The van der Waals surface area contributed by atoms with Gasteiger partial charge in [0, 0.05) is 18.0 Å². The van der Waals surface area contributed by atoms with Gasteiger partial charge in [-0.2, -0.15) is 0 Å². The molecule has 0 unspecified atom stereocenters. The second kappa shape index (κ2) is 7.53. The average Bonchev–Trinajstić information content (AvgIpc) is 3.21. The second-order valence-corrected chi connectivity index (χ2v) is 9.42. The Morgan fingerprint density at radius 3 is 2.71 bits per heavy atom. The van der Waals surface area contributed by atoms with Crippen molar-refractivity contribution in [3.63, 3.8) is 0 Å². The molecular formula is C18H19N3O5S2. The van der Waals surface area contributed by atoms with E-state index in [-0.39, 0.29) is 10.8 Å². The number of hydrogen-bond donors (Lipinski definition) is 1. The van der Waals surface area contributed by atoms with Crippen LogP contribution in [0.25, 0.3) is 10.8 Å². The SMILES string of the molecule is COc1ccc(OC)c(CNS(=O)(=O)c2ccc(-c3nnc(C4CC4)o3)s2)c1. The summed E-state index contributed by atoms with van der Waals surface area (Å²) < 4.78 is 44.3. The van der Waals surface area contributed by atoms with Crippen molar-refractivity contribution in [2.45, 2.75) is 29.5 Å². The minimum absolute atomic E-state index is 0.0718. The number of benzene rings is 1. The van der Waals surface area contributed by atoms with Gasteiger partial charge in [-0.3, -0.25) is 0 Å². The van der Waals surface area contributed by atoms with Crippen molar-refractivity contribution in [2.75, 3.05) is 14.2 Å². The number of thiophene rings is 1. The Kier molecular flexibility index (Phi) is 5.09. The number of sulfonamides is 1. The molecule has 2 aromatic heterocycles. The minimum Gasteiger partial charge on any atom is -0.497 e. The third kappa shape index (κ3) is 3.89. The van der Waals surface area contributed by atoms with E-state index < -0.39 is 10.0 Å². The van der Waals surface area contributed by atoms with Crippen LogP contribution in [0.4, 0.5) is 0 Å². The highest BCUT2D eigenvalue weighted by Gasteiger charge is 2.30. The molecule has 2 heterocycles. The van der Waals surface area contributed by atoms with Crippen molar-refractivity contribution in [3.05, 3.63) is 41.8 Å². The molecule has 10 heteroatoms. The number of hydrogen-bond acceptors (Lipinski definition) is 8. The molecule has 148 valence electrons. The third-order valence-electron chi connectivity index (χ3n) is 4.36. The molecule has 8 nitrogen and oxygen atoms in total. The van der Waals surface area contributed by atoms with Crippen molar-refractivity contribution in [2.24, 2.45) is 0 Å². The second-order valence-electron chi connectivity index (χ2n) is 6.34. The molecular weight excluding hydrogens is 402 g/mol. The van der Waals surface area contributed by atoms with Gasteiger partial charge in [-0.1, -0.05) is 0 Å². The van der Waals surface area contributed by atoms with Crippen LogP contribution in [0.3, 0.4) is 0 Å². The molecule has 1 N–H and O–H groups in total. The first-order chi connectivity index (χ1) is 13.5. The maximum absolute atomic E-state index is 12.7. The van der Waals surface area contributed by atoms with Crippen LogP contribution in [-0.4, -0.2) is 32.8 Å². The number of nitrogens with zero attached hydrogens (tertiary/aromatic N) is 2. The summed E-state index contributed by atoms with van der Waals surface area (Å²) in [6, 6.07) is 8.43. The smallest absolute Gasteiger partial charge is 0.257 e. The van der Waals surface area contributed by atoms with E-state index in [0.717, 1.165) is 24.2 Å². The summed E-state index contributed by atoms with van der Waals surface area (Å²) in [6.45, 7) is 0.0718. The van der Waals surface area contributed by atoms with Crippen LogP contribution in [0.1, 0.15) is 30.2 Å². The van der Waals surface area contributed by atoms with Gasteiger partial charge in [0.15, 0.2) is 0 Å². The molecule has 0 saturated heterocycles. The highest BCUT2D eigenvalue weighted by atomic mass is 32.2. The average molecular weight is 422 g/mol. The Morgan fingerprint density at radius 1 is 1.18 bits per heavy atom. The van der Waals surface area contributed by atoms with Gasteiger partial charge < -0.3 is 13.9 Å². The van der Waals surface area contributed by atoms with Crippen molar-refractivity contribution >= 4 is 21.4 Å². The van der Waals surface area contributed by atoms with Crippen LogP contribution in [0.2, 0.25) is 0 Å². The Labute approximate surface area is 166 Å². The number of rotatable bonds is 8. The fraction of sp³-hybridized carbons (Fsp3) is 0.333. The molecule has 1 aliphatic rings. The summed E-state index contributed by atoms with van der Waals surface area (Å²) in [5, 5.41) is 8.06. The van der Waals surface area contributed by atoms with Gasteiger partial charge in [0.1, 0.15) is 15.7 Å². The Balaban J connectivity index is 1.50. The van der Waals surface area contributed by atoms with Crippen molar-refractivity contribution < 1.29 is 22.3 Å². The molecule has 0 spiro atoms. The summed E-state index contributed by atoms with van der Waals surface area (Å²) in [4.78, 5) is 0.624. The molecule has 0 atom stereocenters. The van der Waals surface area contributed by atoms with Crippen molar-refractivity contribution in [1.29, 1.82) is 0 Å². The summed E-state index contributed by atoms with van der Waals surface area (Å²) in [5.41, 5.74) is 0.674. The van der Waals surface area contributed by atoms with E-state index in [4.69, 9.17) is 13.9 Å². The lowest BCUT2D eigenvalue weighted by atomic mass is 10.2. The van der Waals surface area contributed by atoms with E-state index in [1.807, 2.05) is 0 Å². The Bertz CT molecular complexity index is 1090. The quantitative estimate of drug-likeness (QED) is 0.596. The fourth-order valence-electron chi connectivity index (χ4n) is 2.67. The standard InChI is InChI=1S/C18H19N3O5S2/c1-24-13-5-6-14(25-2)12(9-13)10-19-28(22,23)16-8-7-15(27-16)18-21-20-17(26-18)11-3-4-11/h5-9,11,19H,3-4,10H2,1-2H3. The van der Waals surface area contributed by atoms with Gasteiger partial charge >= 0.3 is 0 Å². The number of nitrogens with one attached hydrogen (secondary N) is 1. The lowest BCUT2D eigenvalue weighted by molar-refractivity contribution is 0.398. The van der Waals surface area contributed by atoms with Gasteiger partial charge in [0.25, 0.3) is 5.89 Å². The Morgan fingerprint density at radius 2 is 2.00 bits per heavy atom. The van der Waals surface area contributed by atoms with E-state index in [9.17, 15) is 8.42 Å². The molecule has 0 radical (unpaired) electrons. The lowest BCUT2D eigenvalue weighted by Crippen LogP contribution is -2.22. The van der Waals surface area contributed by atoms with E-state index in [2.05, 4.69) is 14.9 Å². The fourth-order valence-corrected chi connectivity index (χ4v) is 4.95. The molecule has 1 aromatic carbocycles. The molecule has 28 heavy (non-hydrogen) atoms. The maximum Gasteiger partial charge on any atom is 0.257 e. The zero-order valence-corrected chi connectivity index (χ0v) is 17.0. The molecule has 3 aromatic rings. The molecule has 0 bridgehead atoms. The van der Waals surface area contributed by atoms with Crippen LogP contribution in [0.15, 0.2) is 39.0 Å². The van der Waals surface area contributed by atoms with E-state index in [1.165, 1.54) is 13.2 Å². The molecule has 1 aliphatic carbocycles. The molecule has 4 rings (SSSR count). The van der Waals surface area contributed by atoms with Crippen LogP contribution >= 0.6 is 11.3 Å². The number of ether oxygens (including phenoxy) is 2. The number of methoxy groups -OCH3 is 2. The zero-order valence-electron chi connectivity index (χ0n) is 15.3. The predicted molar refractivity (Wildman–Crippen MR) is 103 cm³/mol. The third-order valence-corrected chi connectivity index (χ3v) is 7.33. The molecule has 0 amide bonds. The maximum atomic E-state index is 12.7. The van der Waals surface area contributed by atoms with Gasteiger partial charge in [-0.05, 0) is 43.2 Å². The first-order valence-corrected chi connectivity index (χ1v) is 10.9. The predicted octanol–water partition coefficient (Wildman–Crippen LogP) is 3.17. The van der Waals surface area contributed by atoms with Crippen LogP contribution in [-0.2, 0) is 16.6 Å². The van der Waals surface area contributed by atoms with E-state index >= 15 is 0 Å². The summed E-state index contributed by atoms with van der Waals surface area (Å²) in [5.74, 6) is 2.52. The highest BCUT2D eigenvalue weighted by molar-refractivity contribution is 7.91. The minimum atomic E-state index is -3.71. The molecule has 1 saturated carbocycles. The van der Waals surface area contributed by atoms with Crippen molar-refractivity contribution in [3.8, 4) is 22.3 Å². The van der Waals surface area contributed by atoms with Crippen LogP contribution < -0.4 is 14.2 Å². The summed E-state index contributed by atoms with van der Waals surface area (Å²) in [6.07, 6.45) is 2.12. The van der Waals surface area contributed by atoms with Crippen LogP contribution in [0.5, 0.6) is 11.5 Å². The van der Waals surface area contributed by atoms with Crippen LogP contribution in [0, 0.1) is 0 Å². The summed E-state index contributed by atoms with van der Waals surface area (Å²) in [7, 11) is -0.621. The van der Waals surface area contributed by atoms with Gasteiger partial charge in [0.05, 0.1) is 19.1 Å². The van der Waals surface area contributed by atoms with Gasteiger partial charge in [-0.15, -0.1) is 21.5 Å². The zero-order chi connectivity index (χ0) is 19.7. The summed E-state index contributed by atoms with van der Waals surface area (Å²) >= 11 is 1.09. The first kappa shape index (κ1) is 18.9. The Hall–Kier alpha value is -2.43. The number of aromatic nitrogens is 2. The van der Waals surface area contributed by atoms with Crippen molar-refractivity contribution in [1.82, 2.24) is 14.9 Å². The monoisotopic (exact) mass is 421 g/mol. The topological polar surface area (TPSA) is 104 Å². The lowest BCUT2D eigenvalue weighted by Gasteiger charge is -2.11. The van der Waals surface area contributed by atoms with E-state index in [1.54, 1.807) is 31.4 Å². The first-order valence-electron chi connectivity index (χ1n) is 8.64. The molecule has 0 aliphatic heterocycles. The highest BCUT2D eigenvalue weighted by Crippen LogP contribution is 2.40. The van der Waals surface area contributed by atoms with Gasteiger partial charge in [0.2, 0.25) is 15.9 Å². The van der Waals surface area contributed by atoms with E-state index in [0.29, 0.717) is 39.6 Å². The van der Waals surface area contributed by atoms with Gasteiger partial charge in [-0.25, -0.2) is 13.1 Å². The largest absolute Gasteiger partial charge is 0.497 e.